The van der Waals surface area contributed by atoms with E-state index in [1.54, 1.807) is 16.2 Å². The predicted molar refractivity (Wildman–Crippen MR) is 148 cm³/mol. The molecule has 0 saturated carbocycles. The number of anilines is 1. The number of carbonyl (C=O) groups is 2. The summed E-state index contributed by atoms with van der Waals surface area (Å²) in [5.41, 5.74) is 4.00. The van der Waals surface area contributed by atoms with Crippen molar-refractivity contribution in [1.82, 2.24) is 9.80 Å². The molecule has 8 heteroatoms. The first-order chi connectivity index (χ1) is 17.9. The van der Waals surface area contributed by atoms with Gasteiger partial charge in [-0.1, -0.05) is 30.3 Å². The summed E-state index contributed by atoms with van der Waals surface area (Å²) in [6, 6.07) is 17.4. The van der Waals surface area contributed by atoms with Crippen molar-refractivity contribution in [3.8, 4) is 5.75 Å². The maximum Gasteiger partial charge on any atom is 0.409 e. The number of aryl methyl sites for hydroxylation is 1. The van der Waals surface area contributed by atoms with E-state index in [1.165, 1.54) is 10.4 Å². The van der Waals surface area contributed by atoms with Gasteiger partial charge >= 0.3 is 6.09 Å². The fourth-order valence-electron chi connectivity index (χ4n) is 4.68. The molecule has 0 aliphatic carbocycles. The molecule has 1 aliphatic heterocycles. The van der Waals surface area contributed by atoms with Crippen LogP contribution in [0.2, 0.25) is 0 Å². The van der Waals surface area contributed by atoms with E-state index in [2.05, 4.69) is 36.2 Å². The van der Waals surface area contributed by atoms with Gasteiger partial charge < -0.3 is 19.7 Å². The van der Waals surface area contributed by atoms with Crippen LogP contribution in [0.5, 0.6) is 5.75 Å². The number of thiophene rings is 1. The molecule has 0 spiro atoms. The lowest BCUT2D eigenvalue weighted by molar-refractivity contribution is 0.0715. The molecule has 1 fully saturated rings. The van der Waals surface area contributed by atoms with Gasteiger partial charge in [0.15, 0.2) is 0 Å². The fourth-order valence-corrected chi connectivity index (χ4v) is 5.77. The summed E-state index contributed by atoms with van der Waals surface area (Å²) < 4.78 is 10.9. The van der Waals surface area contributed by atoms with Crippen molar-refractivity contribution in [2.24, 2.45) is 0 Å². The molecule has 1 aromatic heterocycles. The van der Waals surface area contributed by atoms with Crippen LogP contribution in [-0.4, -0.2) is 61.2 Å². The molecule has 3 aromatic rings. The van der Waals surface area contributed by atoms with Gasteiger partial charge in [0, 0.05) is 42.2 Å². The minimum Gasteiger partial charge on any atom is -0.494 e. The van der Waals surface area contributed by atoms with Gasteiger partial charge in [-0.25, -0.2) is 4.79 Å². The Morgan fingerprint density at radius 2 is 1.62 bits per heavy atom. The number of piperazine rings is 1. The first kappa shape index (κ1) is 26.7. The first-order valence-electron chi connectivity index (χ1n) is 12.8. The highest BCUT2D eigenvalue weighted by atomic mass is 32.1. The highest BCUT2D eigenvalue weighted by molar-refractivity contribution is 7.16. The maximum absolute atomic E-state index is 13.1. The molecule has 7 nitrogen and oxygen atoms in total. The van der Waals surface area contributed by atoms with Crippen molar-refractivity contribution in [3.63, 3.8) is 0 Å². The number of nitrogens with one attached hydrogen (secondary N) is 1. The molecule has 4 rings (SSSR count). The summed E-state index contributed by atoms with van der Waals surface area (Å²) in [7, 11) is 0. The number of hydrogen-bond acceptors (Lipinski definition) is 6. The van der Waals surface area contributed by atoms with Crippen LogP contribution < -0.4 is 10.1 Å². The van der Waals surface area contributed by atoms with Crippen LogP contribution in [0.25, 0.3) is 0 Å². The highest BCUT2D eigenvalue weighted by Gasteiger charge is 2.33. The molecule has 1 atom stereocenters. The summed E-state index contributed by atoms with van der Waals surface area (Å²) in [6.45, 7) is 11.5. The maximum atomic E-state index is 13.1. The molecule has 2 aromatic carbocycles. The molecule has 0 radical (unpaired) electrons. The van der Waals surface area contributed by atoms with Crippen LogP contribution >= 0.6 is 11.3 Å². The topological polar surface area (TPSA) is 71.1 Å². The van der Waals surface area contributed by atoms with Crippen LogP contribution in [0.1, 0.15) is 51.8 Å². The predicted octanol–water partition coefficient (Wildman–Crippen LogP) is 5.88. The molecule has 1 saturated heterocycles. The largest absolute Gasteiger partial charge is 0.494 e. The van der Waals surface area contributed by atoms with Crippen LogP contribution in [0.3, 0.4) is 0 Å². The summed E-state index contributed by atoms with van der Waals surface area (Å²) in [5, 5.41) is 4.05. The molecule has 1 unspecified atom stereocenters. The normalized spacial score (nSPS) is 14.8. The van der Waals surface area contributed by atoms with Crippen LogP contribution in [0.4, 0.5) is 9.80 Å². The van der Waals surface area contributed by atoms with Gasteiger partial charge in [-0.15, -0.1) is 11.3 Å². The number of carbonyl (C=O) groups excluding carboxylic acids is 2. The lowest BCUT2D eigenvalue weighted by Gasteiger charge is -2.39. The average Bonchev–Trinajstić information content (AvgIpc) is 3.19. The van der Waals surface area contributed by atoms with Crippen molar-refractivity contribution in [2.75, 3.05) is 44.7 Å². The van der Waals surface area contributed by atoms with Crippen LogP contribution in [0, 0.1) is 13.8 Å². The van der Waals surface area contributed by atoms with Crippen LogP contribution in [0.15, 0.2) is 54.6 Å². The molecule has 1 N–H and O–H groups in total. The summed E-state index contributed by atoms with van der Waals surface area (Å²) in [4.78, 5) is 30.7. The molecular weight excluding hydrogens is 486 g/mol. The first-order valence-corrected chi connectivity index (χ1v) is 13.6. The van der Waals surface area contributed by atoms with Crippen molar-refractivity contribution >= 4 is 28.3 Å². The summed E-state index contributed by atoms with van der Waals surface area (Å²) in [5.74, 6) is 0.702. The van der Waals surface area contributed by atoms with E-state index in [0.29, 0.717) is 45.0 Å². The molecule has 0 bridgehead atoms. The molecule has 196 valence electrons. The second-order valence-electron chi connectivity index (χ2n) is 8.97. The Morgan fingerprint density at radius 3 is 2.24 bits per heavy atom. The van der Waals surface area contributed by atoms with E-state index >= 15 is 0 Å². The third kappa shape index (κ3) is 6.14. The third-order valence-corrected chi connectivity index (χ3v) is 7.82. The minimum absolute atomic E-state index is 0.0870. The van der Waals surface area contributed by atoms with Gasteiger partial charge in [0.05, 0.1) is 19.3 Å². The van der Waals surface area contributed by atoms with Gasteiger partial charge in [-0.3, -0.25) is 9.69 Å². The van der Waals surface area contributed by atoms with E-state index in [1.807, 2.05) is 56.3 Å². The Bertz CT molecular complexity index is 1200. The van der Waals surface area contributed by atoms with Gasteiger partial charge in [-0.2, -0.15) is 0 Å². The Balaban J connectivity index is 1.69. The van der Waals surface area contributed by atoms with E-state index in [0.717, 1.165) is 21.9 Å². The van der Waals surface area contributed by atoms with Crippen molar-refractivity contribution < 1.29 is 19.1 Å². The Morgan fingerprint density at radius 1 is 0.946 bits per heavy atom. The number of benzene rings is 2. The molecular formula is C29H35N3O4S. The number of ether oxygens (including phenoxy) is 2. The number of nitrogens with zero attached hydrogens (tertiary/aromatic N) is 2. The fraction of sp³-hybridized carbons (Fsp3) is 0.379. The van der Waals surface area contributed by atoms with Crippen LogP contribution in [-0.2, 0) is 4.74 Å². The second kappa shape index (κ2) is 12.3. The molecule has 1 aliphatic rings. The van der Waals surface area contributed by atoms with Crippen molar-refractivity contribution in [3.05, 3.63) is 81.7 Å². The number of hydrogen-bond donors (Lipinski definition) is 1. The van der Waals surface area contributed by atoms with E-state index < -0.39 is 0 Å². The van der Waals surface area contributed by atoms with Crippen molar-refractivity contribution in [1.29, 1.82) is 0 Å². The Kier molecular flexibility index (Phi) is 8.84. The SMILES string of the molecule is CCOC(=O)N1CCN(C(c2ccc(OCC)cc2)c2c(NC(=O)c3ccccc3)sc(C)c2C)CC1. The minimum atomic E-state index is -0.266. The number of amides is 2. The monoisotopic (exact) mass is 521 g/mol. The lowest BCUT2D eigenvalue weighted by atomic mass is 9.94. The van der Waals surface area contributed by atoms with E-state index in [-0.39, 0.29) is 18.0 Å². The zero-order valence-corrected chi connectivity index (χ0v) is 22.8. The highest BCUT2D eigenvalue weighted by Crippen LogP contribution is 2.43. The average molecular weight is 522 g/mol. The molecule has 37 heavy (non-hydrogen) atoms. The van der Waals surface area contributed by atoms with Gasteiger partial charge in [0.1, 0.15) is 10.8 Å². The van der Waals surface area contributed by atoms with Gasteiger partial charge in [0.2, 0.25) is 0 Å². The second-order valence-corrected chi connectivity index (χ2v) is 10.2. The van der Waals surface area contributed by atoms with Crippen molar-refractivity contribution in [2.45, 2.75) is 33.7 Å². The zero-order valence-electron chi connectivity index (χ0n) is 22.0. The summed E-state index contributed by atoms with van der Waals surface area (Å²) in [6.07, 6.45) is -0.266. The smallest absolute Gasteiger partial charge is 0.409 e. The quantitative estimate of drug-likeness (QED) is 0.401. The Labute approximate surface area is 223 Å². The van der Waals surface area contributed by atoms with Gasteiger partial charge in [-0.05, 0) is 63.1 Å². The summed E-state index contributed by atoms with van der Waals surface area (Å²) >= 11 is 1.61. The Hall–Kier alpha value is -3.36. The van der Waals surface area contributed by atoms with Gasteiger partial charge in [0.25, 0.3) is 5.91 Å². The molecule has 2 amide bonds. The molecule has 2 heterocycles. The zero-order chi connectivity index (χ0) is 26.4. The number of rotatable bonds is 8. The van der Waals surface area contributed by atoms with E-state index in [4.69, 9.17) is 9.47 Å². The lowest BCUT2D eigenvalue weighted by Crippen LogP contribution is -2.50. The third-order valence-electron chi connectivity index (χ3n) is 6.68. The standard InChI is InChI=1S/C29H35N3O4S/c1-5-35-24-14-12-22(13-15-24)26(31-16-18-32(19-17-31)29(34)36-6-2)25-20(3)21(4)37-28(25)30-27(33)23-10-8-7-9-11-23/h7-15,26H,5-6,16-19H2,1-4H3,(H,30,33). The van der Waals surface area contributed by atoms with E-state index in [9.17, 15) is 9.59 Å².